The Balaban J connectivity index is 2.00. The maximum absolute atomic E-state index is 12.4. The molecular formula is C13H24N2OS. The van der Waals surface area contributed by atoms with Crippen LogP contribution in [0.2, 0.25) is 0 Å². The second-order valence-corrected chi connectivity index (χ2v) is 6.20. The first-order valence-corrected chi connectivity index (χ1v) is 8.09. The van der Waals surface area contributed by atoms with Gasteiger partial charge in [-0.2, -0.15) is 11.8 Å². The maximum atomic E-state index is 12.4. The minimum Gasteiger partial charge on any atom is -0.322 e. The van der Waals surface area contributed by atoms with Gasteiger partial charge < -0.3 is 4.90 Å². The third-order valence-corrected chi connectivity index (χ3v) is 4.96. The first-order valence-electron chi connectivity index (χ1n) is 6.93. The summed E-state index contributed by atoms with van der Waals surface area (Å²) in [6.45, 7) is 4.35. The number of hydrogen-bond acceptors (Lipinski definition) is 3. The molecule has 17 heavy (non-hydrogen) atoms. The molecule has 3 atom stereocenters. The van der Waals surface area contributed by atoms with Crippen molar-refractivity contribution in [1.82, 2.24) is 10.2 Å². The molecule has 0 saturated carbocycles. The second-order valence-electron chi connectivity index (χ2n) is 5.05. The van der Waals surface area contributed by atoms with E-state index in [0.29, 0.717) is 11.9 Å². The van der Waals surface area contributed by atoms with Gasteiger partial charge in [0.15, 0.2) is 0 Å². The summed E-state index contributed by atoms with van der Waals surface area (Å²) in [7, 11) is 0. The molecule has 0 spiro atoms. The van der Waals surface area contributed by atoms with Crippen molar-refractivity contribution in [2.45, 2.75) is 64.2 Å². The summed E-state index contributed by atoms with van der Waals surface area (Å²) in [6, 6.07) is 0.571. The Bertz CT molecular complexity index is 266. The van der Waals surface area contributed by atoms with Crippen LogP contribution in [0.1, 0.15) is 46.0 Å². The molecule has 0 aromatic carbocycles. The van der Waals surface area contributed by atoms with Crippen LogP contribution < -0.4 is 5.32 Å². The van der Waals surface area contributed by atoms with Gasteiger partial charge in [-0.05, 0) is 25.0 Å². The molecule has 0 bridgehead atoms. The summed E-state index contributed by atoms with van der Waals surface area (Å²) in [5.41, 5.74) is 0. The summed E-state index contributed by atoms with van der Waals surface area (Å²) in [6.07, 6.45) is 5.80. The lowest BCUT2D eigenvalue weighted by atomic mass is 10.1. The topological polar surface area (TPSA) is 32.3 Å². The van der Waals surface area contributed by atoms with E-state index in [1.54, 1.807) is 0 Å². The molecule has 2 fully saturated rings. The number of hydrogen-bond donors (Lipinski definition) is 1. The Labute approximate surface area is 109 Å². The standard InChI is InChI=1S/C13H24N2OS/c1-3-5-6-11-13(16)15(12(4-2)14-11)10-7-8-17-9-10/h10-12,14H,3-9H2,1-2H3. The Kier molecular flexibility index (Phi) is 4.74. The van der Waals surface area contributed by atoms with Gasteiger partial charge >= 0.3 is 0 Å². The highest BCUT2D eigenvalue weighted by Gasteiger charge is 2.41. The molecule has 1 amide bonds. The molecule has 2 aliphatic rings. The van der Waals surface area contributed by atoms with Crippen molar-refractivity contribution in [2.24, 2.45) is 0 Å². The number of nitrogens with zero attached hydrogens (tertiary/aromatic N) is 1. The van der Waals surface area contributed by atoms with E-state index in [1.165, 1.54) is 18.6 Å². The third-order valence-electron chi connectivity index (χ3n) is 3.81. The van der Waals surface area contributed by atoms with Crippen molar-refractivity contribution < 1.29 is 4.79 Å². The van der Waals surface area contributed by atoms with E-state index in [1.807, 2.05) is 11.8 Å². The van der Waals surface area contributed by atoms with Gasteiger partial charge in [0.25, 0.3) is 0 Å². The van der Waals surface area contributed by atoms with Crippen molar-refractivity contribution in [3.63, 3.8) is 0 Å². The fraction of sp³-hybridized carbons (Fsp3) is 0.923. The summed E-state index contributed by atoms with van der Waals surface area (Å²) in [5, 5.41) is 3.52. The molecule has 0 aromatic heterocycles. The van der Waals surface area contributed by atoms with Crippen molar-refractivity contribution in [3.05, 3.63) is 0 Å². The highest BCUT2D eigenvalue weighted by atomic mass is 32.2. The fourth-order valence-electron chi connectivity index (χ4n) is 2.82. The largest absolute Gasteiger partial charge is 0.322 e. The van der Waals surface area contributed by atoms with Crippen LogP contribution in [-0.4, -0.2) is 40.6 Å². The van der Waals surface area contributed by atoms with Gasteiger partial charge in [0.2, 0.25) is 5.91 Å². The van der Waals surface area contributed by atoms with E-state index < -0.39 is 0 Å². The van der Waals surface area contributed by atoms with Gasteiger partial charge in [0.05, 0.1) is 12.2 Å². The minimum atomic E-state index is 0.0884. The van der Waals surface area contributed by atoms with Crippen LogP contribution >= 0.6 is 11.8 Å². The van der Waals surface area contributed by atoms with Crippen LogP contribution in [0.3, 0.4) is 0 Å². The second kappa shape index (κ2) is 6.10. The van der Waals surface area contributed by atoms with Crippen LogP contribution in [0.4, 0.5) is 0 Å². The molecule has 98 valence electrons. The summed E-state index contributed by atoms with van der Waals surface area (Å²) in [4.78, 5) is 14.6. The van der Waals surface area contributed by atoms with Gasteiger partial charge in [-0.15, -0.1) is 0 Å². The zero-order valence-electron chi connectivity index (χ0n) is 10.9. The predicted octanol–water partition coefficient (Wildman–Crippen LogP) is 2.22. The van der Waals surface area contributed by atoms with E-state index in [0.717, 1.165) is 25.0 Å². The van der Waals surface area contributed by atoms with Crippen molar-refractivity contribution in [3.8, 4) is 0 Å². The molecule has 1 N–H and O–H groups in total. The predicted molar refractivity (Wildman–Crippen MR) is 73.1 cm³/mol. The number of amides is 1. The van der Waals surface area contributed by atoms with E-state index >= 15 is 0 Å². The zero-order chi connectivity index (χ0) is 12.3. The maximum Gasteiger partial charge on any atom is 0.241 e. The fourth-order valence-corrected chi connectivity index (χ4v) is 4.03. The molecule has 4 heteroatoms. The molecule has 2 rings (SSSR count). The number of rotatable bonds is 5. The number of unbranched alkanes of at least 4 members (excludes halogenated alkanes) is 1. The lowest BCUT2D eigenvalue weighted by Crippen LogP contribution is -2.44. The van der Waals surface area contributed by atoms with E-state index in [2.05, 4.69) is 24.1 Å². The highest BCUT2D eigenvalue weighted by Crippen LogP contribution is 2.28. The lowest BCUT2D eigenvalue weighted by molar-refractivity contribution is -0.132. The lowest BCUT2D eigenvalue weighted by Gasteiger charge is -2.28. The smallest absolute Gasteiger partial charge is 0.241 e. The molecule has 2 saturated heterocycles. The SMILES string of the molecule is CCCCC1NC(CC)N(C2CCSC2)C1=O. The van der Waals surface area contributed by atoms with Gasteiger partial charge in [-0.1, -0.05) is 26.7 Å². The molecule has 3 nitrogen and oxygen atoms in total. The summed E-state index contributed by atoms with van der Waals surface area (Å²) in [5.74, 6) is 2.70. The highest BCUT2D eigenvalue weighted by molar-refractivity contribution is 7.99. The number of carbonyl (C=O) groups excluding carboxylic acids is 1. The quantitative estimate of drug-likeness (QED) is 0.818. The van der Waals surface area contributed by atoms with Crippen LogP contribution in [-0.2, 0) is 4.79 Å². The Morgan fingerprint density at radius 1 is 1.47 bits per heavy atom. The molecule has 0 aromatic rings. The molecular weight excluding hydrogens is 232 g/mol. The Hall–Kier alpha value is -0.220. The number of nitrogens with one attached hydrogen (secondary N) is 1. The number of thioether (sulfide) groups is 1. The molecule has 2 aliphatic heterocycles. The zero-order valence-corrected chi connectivity index (χ0v) is 11.8. The van der Waals surface area contributed by atoms with Gasteiger partial charge in [0, 0.05) is 11.8 Å². The van der Waals surface area contributed by atoms with Crippen LogP contribution in [0.5, 0.6) is 0 Å². The summed E-state index contributed by atoms with van der Waals surface area (Å²) < 4.78 is 0. The summed E-state index contributed by atoms with van der Waals surface area (Å²) >= 11 is 1.98. The van der Waals surface area contributed by atoms with Gasteiger partial charge in [-0.25, -0.2) is 0 Å². The molecule has 0 aliphatic carbocycles. The van der Waals surface area contributed by atoms with Gasteiger partial charge in [-0.3, -0.25) is 10.1 Å². The first kappa shape index (κ1) is 13.2. The van der Waals surface area contributed by atoms with Crippen LogP contribution in [0.15, 0.2) is 0 Å². The van der Waals surface area contributed by atoms with Crippen molar-refractivity contribution >= 4 is 17.7 Å². The Morgan fingerprint density at radius 2 is 2.29 bits per heavy atom. The molecule has 2 heterocycles. The van der Waals surface area contributed by atoms with Gasteiger partial charge in [0.1, 0.15) is 0 Å². The van der Waals surface area contributed by atoms with E-state index in [4.69, 9.17) is 0 Å². The molecule has 0 radical (unpaired) electrons. The minimum absolute atomic E-state index is 0.0884. The Morgan fingerprint density at radius 3 is 2.88 bits per heavy atom. The monoisotopic (exact) mass is 256 g/mol. The van der Waals surface area contributed by atoms with Crippen molar-refractivity contribution in [2.75, 3.05) is 11.5 Å². The van der Waals surface area contributed by atoms with Crippen LogP contribution in [0, 0.1) is 0 Å². The third kappa shape index (κ3) is 2.79. The molecule has 3 unspecified atom stereocenters. The average Bonchev–Trinajstić information content (AvgIpc) is 2.94. The number of carbonyl (C=O) groups is 1. The van der Waals surface area contributed by atoms with Crippen molar-refractivity contribution in [1.29, 1.82) is 0 Å². The van der Waals surface area contributed by atoms with E-state index in [-0.39, 0.29) is 12.2 Å². The van der Waals surface area contributed by atoms with E-state index in [9.17, 15) is 4.79 Å². The van der Waals surface area contributed by atoms with Crippen LogP contribution in [0.25, 0.3) is 0 Å². The first-order chi connectivity index (χ1) is 8.27. The normalized spacial score (nSPS) is 33.6. The average molecular weight is 256 g/mol.